The highest BCUT2D eigenvalue weighted by molar-refractivity contribution is 7.13. The van der Waals surface area contributed by atoms with Crippen LogP contribution in [0.2, 0.25) is 0 Å². The number of nitrogens with one attached hydrogen (secondary N) is 1. The van der Waals surface area contributed by atoms with E-state index in [1.807, 2.05) is 6.07 Å². The number of aryl methyl sites for hydroxylation is 1. The average Bonchev–Trinajstić information content (AvgIpc) is 2.68. The molecule has 0 saturated heterocycles. The highest BCUT2D eigenvalue weighted by Crippen LogP contribution is 2.22. The lowest BCUT2D eigenvalue weighted by molar-refractivity contribution is 0.200. The smallest absolute Gasteiger partial charge is 0.200 e. The van der Waals surface area contributed by atoms with Crippen molar-refractivity contribution in [3.63, 3.8) is 0 Å². The van der Waals surface area contributed by atoms with Crippen LogP contribution in [0.3, 0.4) is 0 Å². The van der Waals surface area contributed by atoms with Gasteiger partial charge in [0.2, 0.25) is 5.06 Å². The first-order valence-electron chi connectivity index (χ1n) is 6.29. The Morgan fingerprint density at radius 1 is 1.12 bits per heavy atom. The molecule has 0 aliphatic rings. The van der Waals surface area contributed by atoms with Gasteiger partial charge >= 0.3 is 0 Å². The first kappa shape index (κ1) is 13.5. The lowest BCUT2D eigenvalue weighted by Crippen LogP contribution is -2.18. The fraction of sp³-hybridized carbons (Fsp3) is 0.692. The number of unbranched alkanes of at least 4 members (excludes halogenated alkanes) is 5. The van der Waals surface area contributed by atoms with E-state index in [1.165, 1.54) is 43.4 Å². The summed E-state index contributed by atoms with van der Waals surface area (Å²) in [6, 6.07) is 4.08. The molecule has 1 N–H and O–H groups in total. The van der Waals surface area contributed by atoms with Crippen molar-refractivity contribution in [3.8, 4) is 5.06 Å². The minimum atomic E-state index is 0.947. The quantitative estimate of drug-likeness (QED) is 0.514. The van der Waals surface area contributed by atoms with Crippen LogP contribution in [0.4, 0.5) is 0 Å². The SMILES string of the molecule is CCCCCCCCNOc1ccc(C)s1. The molecule has 3 heteroatoms. The van der Waals surface area contributed by atoms with Gasteiger partial charge in [-0.1, -0.05) is 39.0 Å². The van der Waals surface area contributed by atoms with Crippen molar-refractivity contribution < 1.29 is 4.84 Å². The third-order valence-electron chi connectivity index (χ3n) is 2.52. The molecule has 1 aromatic heterocycles. The van der Waals surface area contributed by atoms with E-state index in [1.54, 1.807) is 11.3 Å². The second-order valence-electron chi connectivity index (χ2n) is 4.13. The summed E-state index contributed by atoms with van der Waals surface area (Å²) in [6.45, 7) is 5.28. The summed E-state index contributed by atoms with van der Waals surface area (Å²) in [4.78, 5) is 6.71. The molecule has 0 radical (unpaired) electrons. The van der Waals surface area contributed by atoms with E-state index in [0.29, 0.717) is 0 Å². The van der Waals surface area contributed by atoms with Crippen LogP contribution in [-0.2, 0) is 0 Å². The van der Waals surface area contributed by atoms with Gasteiger partial charge in [0.05, 0.1) is 0 Å². The Morgan fingerprint density at radius 2 is 1.88 bits per heavy atom. The Hall–Kier alpha value is -0.540. The van der Waals surface area contributed by atoms with Crippen molar-refractivity contribution >= 4 is 11.3 Å². The van der Waals surface area contributed by atoms with Gasteiger partial charge in [-0.25, -0.2) is 0 Å². The van der Waals surface area contributed by atoms with Crippen LogP contribution in [0, 0.1) is 6.92 Å². The van der Waals surface area contributed by atoms with E-state index in [-0.39, 0.29) is 0 Å². The fourth-order valence-corrected chi connectivity index (χ4v) is 2.26. The van der Waals surface area contributed by atoms with Crippen molar-refractivity contribution in [2.24, 2.45) is 0 Å². The van der Waals surface area contributed by atoms with Crippen LogP contribution in [0.1, 0.15) is 50.3 Å². The van der Waals surface area contributed by atoms with Gasteiger partial charge in [-0.3, -0.25) is 0 Å². The minimum Gasteiger partial charge on any atom is -0.398 e. The van der Waals surface area contributed by atoms with Crippen molar-refractivity contribution in [3.05, 3.63) is 17.0 Å². The van der Waals surface area contributed by atoms with Gasteiger partial charge in [0, 0.05) is 11.4 Å². The molecular formula is C13H23NOS. The average molecular weight is 241 g/mol. The summed E-state index contributed by atoms with van der Waals surface area (Å²) in [5.74, 6) is 0. The summed E-state index contributed by atoms with van der Waals surface area (Å²) in [5.41, 5.74) is 3.02. The van der Waals surface area contributed by atoms with Gasteiger partial charge in [0.1, 0.15) is 0 Å². The molecular weight excluding hydrogens is 218 g/mol. The molecule has 0 amide bonds. The molecule has 0 bridgehead atoms. The summed E-state index contributed by atoms with van der Waals surface area (Å²) < 4.78 is 0. The molecule has 1 heterocycles. The molecule has 0 saturated carbocycles. The van der Waals surface area contributed by atoms with Gasteiger partial charge in [-0.05, 0) is 25.5 Å². The van der Waals surface area contributed by atoms with Gasteiger partial charge < -0.3 is 4.84 Å². The molecule has 0 spiro atoms. The summed E-state index contributed by atoms with van der Waals surface area (Å²) in [7, 11) is 0. The minimum absolute atomic E-state index is 0.947. The first-order valence-corrected chi connectivity index (χ1v) is 7.10. The van der Waals surface area contributed by atoms with Gasteiger partial charge in [0.25, 0.3) is 0 Å². The largest absolute Gasteiger partial charge is 0.398 e. The van der Waals surface area contributed by atoms with Crippen LogP contribution in [0.15, 0.2) is 12.1 Å². The first-order chi connectivity index (χ1) is 7.83. The lowest BCUT2D eigenvalue weighted by Gasteiger charge is -2.04. The van der Waals surface area contributed by atoms with Gasteiger partial charge in [-0.2, -0.15) is 5.48 Å². The fourth-order valence-electron chi connectivity index (χ4n) is 1.57. The van der Waals surface area contributed by atoms with E-state index in [2.05, 4.69) is 25.4 Å². The standard InChI is InChI=1S/C13H23NOS/c1-3-4-5-6-7-8-11-14-15-13-10-9-12(2)16-13/h9-10,14H,3-8,11H2,1-2H3. The summed E-state index contributed by atoms with van der Waals surface area (Å²) in [5, 5.41) is 0.962. The third kappa shape index (κ3) is 6.13. The Kier molecular flexibility index (Phi) is 7.26. The van der Waals surface area contributed by atoms with Crippen LogP contribution in [0.5, 0.6) is 5.06 Å². The predicted molar refractivity (Wildman–Crippen MR) is 71.1 cm³/mol. The molecule has 92 valence electrons. The topological polar surface area (TPSA) is 21.3 Å². The maximum Gasteiger partial charge on any atom is 0.200 e. The van der Waals surface area contributed by atoms with E-state index >= 15 is 0 Å². The maximum atomic E-state index is 5.42. The van der Waals surface area contributed by atoms with Crippen LogP contribution in [-0.4, -0.2) is 6.54 Å². The van der Waals surface area contributed by atoms with Crippen LogP contribution >= 0.6 is 11.3 Å². The molecule has 0 aliphatic carbocycles. The zero-order valence-electron chi connectivity index (χ0n) is 10.4. The zero-order valence-corrected chi connectivity index (χ0v) is 11.2. The van der Waals surface area contributed by atoms with Crippen LogP contribution in [0.25, 0.3) is 0 Å². The molecule has 1 aromatic rings. The number of hydrogen-bond donors (Lipinski definition) is 1. The van der Waals surface area contributed by atoms with Gasteiger partial charge in [-0.15, -0.1) is 11.3 Å². The molecule has 0 aliphatic heterocycles. The monoisotopic (exact) mass is 241 g/mol. The van der Waals surface area contributed by atoms with Gasteiger partial charge in [0.15, 0.2) is 0 Å². The number of thiophene rings is 1. The highest BCUT2D eigenvalue weighted by Gasteiger charge is 1.96. The Balaban J connectivity index is 1.88. The molecule has 0 fully saturated rings. The highest BCUT2D eigenvalue weighted by atomic mass is 32.1. The van der Waals surface area contributed by atoms with Crippen molar-refractivity contribution in [2.45, 2.75) is 52.4 Å². The van der Waals surface area contributed by atoms with Crippen LogP contribution < -0.4 is 10.3 Å². The molecule has 1 rings (SSSR count). The third-order valence-corrected chi connectivity index (χ3v) is 3.40. The van der Waals surface area contributed by atoms with Crippen molar-refractivity contribution in [2.75, 3.05) is 6.54 Å². The number of hydroxylamine groups is 1. The summed E-state index contributed by atoms with van der Waals surface area (Å²) in [6.07, 6.45) is 7.93. The predicted octanol–water partition coefficient (Wildman–Crippen LogP) is 4.30. The molecule has 0 aromatic carbocycles. The lowest BCUT2D eigenvalue weighted by atomic mass is 10.1. The Labute approximate surface area is 103 Å². The van der Waals surface area contributed by atoms with Crippen molar-refractivity contribution in [1.29, 1.82) is 0 Å². The Bertz CT molecular complexity index is 273. The zero-order chi connectivity index (χ0) is 11.6. The molecule has 0 atom stereocenters. The maximum absolute atomic E-state index is 5.42. The van der Waals surface area contributed by atoms with E-state index in [9.17, 15) is 0 Å². The van der Waals surface area contributed by atoms with E-state index < -0.39 is 0 Å². The number of rotatable bonds is 9. The second-order valence-corrected chi connectivity index (χ2v) is 5.38. The molecule has 16 heavy (non-hydrogen) atoms. The normalized spacial score (nSPS) is 10.6. The second kappa shape index (κ2) is 8.59. The Morgan fingerprint density at radius 3 is 2.56 bits per heavy atom. The molecule has 0 unspecified atom stereocenters. The summed E-state index contributed by atoms with van der Waals surface area (Å²) >= 11 is 1.68. The number of hydrogen-bond acceptors (Lipinski definition) is 3. The molecule has 2 nitrogen and oxygen atoms in total. The van der Waals surface area contributed by atoms with E-state index in [0.717, 1.165) is 11.6 Å². The van der Waals surface area contributed by atoms with E-state index in [4.69, 9.17) is 4.84 Å². The van der Waals surface area contributed by atoms with Crippen molar-refractivity contribution in [1.82, 2.24) is 5.48 Å².